The fourth-order valence-electron chi connectivity index (χ4n) is 2.38. The third kappa shape index (κ3) is 6.87. The van der Waals surface area contributed by atoms with Crippen molar-refractivity contribution < 1.29 is 23.9 Å². The zero-order valence-corrected chi connectivity index (χ0v) is 16.4. The molecular formula is C22H25NO5. The van der Waals surface area contributed by atoms with Gasteiger partial charge >= 0.3 is 5.97 Å². The van der Waals surface area contributed by atoms with Crippen LogP contribution in [-0.2, 0) is 14.3 Å². The number of Topliss-reactive ketones (excluding diaryl/α,β-unsaturated/α-hetero) is 1. The Labute approximate surface area is 164 Å². The van der Waals surface area contributed by atoms with Crippen LogP contribution in [0.3, 0.4) is 0 Å². The molecule has 1 N–H and O–H groups in total. The van der Waals surface area contributed by atoms with E-state index in [2.05, 4.69) is 5.32 Å². The second-order valence-corrected chi connectivity index (χ2v) is 6.52. The topological polar surface area (TPSA) is 81.7 Å². The molecule has 2 rings (SSSR count). The number of ketones is 1. The third-order valence-electron chi connectivity index (χ3n) is 4.05. The number of nitrogens with one attached hydrogen (secondary N) is 1. The van der Waals surface area contributed by atoms with Crippen molar-refractivity contribution in [1.29, 1.82) is 0 Å². The number of hydrogen-bond donors (Lipinski definition) is 1. The Morgan fingerprint density at radius 1 is 1.00 bits per heavy atom. The summed E-state index contributed by atoms with van der Waals surface area (Å²) in [7, 11) is 0. The molecule has 0 aliphatic rings. The molecule has 6 heteroatoms. The number of rotatable bonds is 9. The summed E-state index contributed by atoms with van der Waals surface area (Å²) in [4.78, 5) is 35.2. The van der Waals surface area contributed by atoms with Gasteiger partial charge in [0.25, 0.3) is 5.91 Å². The SMILES string of the molecule is CC(=O)c1ccc(OCCCC(=O)O[C@@H](C)C(=O)Nc2ccc(C)cc2)cc1. The molecule has 1 amide bonds. The van der Waals surface area contributed by atoms with E-state index in [0.29, 0.717) is 30.0 Å². The number of esters is 1. The number of anilines is 1. The number of carbonyl (C=O) groups excluding carboxylic acids is 3. The normalized spacial score (nSPS) is 11.4. The first-order valence-electron chi connectivity index (χ1n) is 9.16. The molecule has 0 unspecified atom stereocenters. The molecule has 6 nitrogen and oxygen atoms in total. The summed E-state index contributed by atoms with van der Waals surface area (Å²) in [6.45, 7) is 5.33. The minimum absolute atomic E-state index is 0.00479. The van der Waals surface area contributed by atoms with E-state index >= 15 is 0 Å². The molecule has 2 aromatic carbocycles. The summed E-state index contributed by atoms with van der Waals surface area (Å²) >= 11 is 0. The molecule has 0 heterocycles. The average molecular weight is 383 g/mol. The van der Waals surface area contributed by atoms with Crippen molar-refractivity contribution >= 4 is 23.3 Å². The first-order chi connectivity index (χ1) is 13.3. The maximum atomic E-state index is 12.1. The molecule has 0 fully saturated rings. The third-order valence-corrected chi connectivity index (χ3v) is 4.05. The highest BCUT2D eigenvalue weighted by Gasteiger charge is 2.17. The standard InChI is InChI=1S/C22H25NO5/c1-15-6-10-19(11-7-15)23-22(26)17(3)28-21(25)5-4-14-27-20-12-8-18(9-13-20)16(2)24/h6-13,17H,4-5,14H2,1-3H3,(H,23,26)/t17-/m0/s1. The van der Waals surface area contributed by atoms with E-state index in [1.807, 2.05) is 19.1 Å². The molecule has 0 aliphatic heterocycles. The smallest absolute Gasteiger partial charge is 0.306 e. The first-order valence-corrected chi connectivity index (χ1v) is 9.16. The van der Waals surface area contributed by atoms with Crippen LogP contribution in [0.1, 0.15) is 42.6 Å². The predicted octanol–water partition coefficient (Wildman–Crippen LogP) is 3.93. The Balaban J connectivity index is 1.67. The second-order valence-electron chi connectivity index (χ2n) is 6.52. The summed E-state index contributed by atoms with van der Waals surface area (Å²) in [6, 6.07) is 14.2. The van der Waals surface area contributed by atoms with Gasteiger partial charge < -0.3 is 14.8 Å². The zero-order valence-electron chi connectivity index (χ0n) is 16.4. The highest BCUT2D eigenvalue weighted by molar-refractivity contribution is 5.95. The molecule has 0 radical (unpaired) electrons. The number of aryl methyl sites for hydroxylation is 1. The number of ether oxygens (including phenoxy) is 2. The Hall–Kier alpha value is -3.15. The molecule has 1 atom stereocenters. The summed E-state index contributed by atoms with van der Waals surface area (Å²) in [5, 5.41) is 2.71. The monoisotopic (exact) mass is 383 g/mol. The Kier molecular flexibility index (Phi) is 7.75. The fraction of sp³-hybridized carbons (Fsp3) is 0.318. The van der Waals surface area contributed by atoms with Gasteiger partial charge in [0.2, 0.25) is 0 Å². The van der Waals surface area contributed by atoms with E-state index in [1.54, 1.807) is 36.4 Å². The number of hydrogen-bond acceptors (Lipinski definition) is 5. The molecule has 0 spiro atoms. The van der Waals surface area contributed by atoms with Crippen LogP contribution in [0.2, 0.25) is 0 Å². The van der Waals surface area contributed by atoms with Crippen molar-refractivity contribution in [3.05, 3.63) is 59.7 Å². The van der Waals surface area contributed by atoms with Crippen molar-refractivity contribution in [3.63, 3.8) is 0 Å². The van der Waals surface area contributed by atoms with Crippen molar-refractivity contribution in [2.75, 3.05) is 11.9 Å². The molecule has 0 aromatic heterocycles. The maximum absolute atomic E-state index is 12.1. The molecule has 148 valence electrons. The van der Waals surface area contributed by atoms with Gasteiger partial charge in [-0.2, -0.15) is 0 Å². The molecule has 0 saturated carbocycles. The van der Waals surface area contributed by atoms with Crippen LogP contribution in [0, 0.1) is 6.92 Å². The van der Waals surface area contributed by atoms with Gasteiger partial charge in [0, 0.05) is 17.7 Å². The predicted molar refractivity (Wildman–Crippen MR) is 107 cm³/mol. The highest BCUT2D eigenvalue weighted by Crippen LogP contribution is 2.13. The van der Waals surface area contributed by atoms with Gasteiger partial charge in [0.15, 0.2) is 11.9 Å². The summed E-state index contributed by atoms with van der Waals surface area (Å²) < 4.78 is 10.7. The maximum Gasteiger partial charge on any atom is 0.306 e. The van der Waals surface area contributed by atoms with Crippen molar-refractivity contribution in [1.82, 2.24) is 0 Å². The van der Waals surface area contributed by atoms with E-state index in [-0.39, 0.29) is 18.1 Å². The van der Waals surface area contributed by atoms with Gasteiger partial charge in [-0.1, -0.05) is 17.7 Å². The summed E-state index contributed by atoms with van der Waals surface area (Å²) in [6.07, 6.45) is -0.276. The van der Waals surface area contributed by atoms with Crippen LogP contribution >= 0.6 is 0 Å². The van der Waals surface area contributed by atoms with Gasteiger partial charge in [-0.3, -0.25) is 14.4 Å². The van der Waals surface area contributed by atoms with Crippen molar-refractivity contribution in [2.45, 2.75) is 39.7 Å². The lowest BCUT2D eigenvalue weighted by atomic mass is 10.1. The minimum atomic E-state index is -0.881. The summed E-state index contributed by atoms with van der Waals surface area (Å²) in [5.74, 6) is -0.208. The lowest BCUT2D eigenvalue weighted by molar-refractivity contribution is -0.153. The number of benzene rings is 2. The van der Waals surface area contributed by atoms with Crippen molar-refractivity contribution in [2.24, 2.45) is 0 Å². The quantitative estimate of drug-likeness (QED) is 0.403. The Bertz CT molecular complexity index is 812. The minimum Gasteiger partial charge on any atom is -0.494 e. The lowest BCUT2D eigenvalue weighted by Crippen LogP contribution is -2.30. The number of carbonyl (C=O) groups is 3. The van der Waals surface area contributed by atoms with Crippen LogP contribution in [-0.4, -0.2) is 30.4 Å². The van der Waals surface area contributed by atoms with Crippen LogP contribution in [0.4, 0.5) is 5.69 Å². The molecule has 2 aromatic rings. The van der Waals surface area contributed by atoms with Crippen LogP contribution in [0.25, 0.3) is 0 Å². The second kappa shape index (κ2) is 10.3. The van der Waals surface area contributed by atoms with Gasteiger partial charge in [0.1, 0.15) is 5.75 Å². The van der Waals surface area contributed by atoms with E-state index in [4.69, 9.17) is 9.47 Å². The lowest BCUT2D eigenvalue weighted by Gasteiger charge is -2.14. The molecule has 28 heavy (non-hydrogen) atoms. The Morgan fingerprint density at radius 2 is 1.64 bits per heavy atom. The Morgan fingerprint density at radius 3 is 2.25 bits per heavy atom. The largest absolute Gasteiger partial charge is 0.494 e. The van der Waals surface area contributed by atoms with E-state index < -0.39 is 12.1 Å². The van der Waals surface area contributed by atoms with Crippen LogP contribution in [0.5, 0.6) is 5.75 Å². The average Bonchev–Trinajstić information content (AvgIpc) is 2.67. The van der Waals surface area contributed by atoms with Gasteiger partial charge in [-0.25, -0.2) is 0 Å². The van der Waals surface area contributed by atoms with E-state index in [0.717, 1.165) is 5.56 Å². The van der Waals surface area contributed by atoms with Crippen LogP contribution in [0.15, 0.2) is 48.5 Å². The summed E-state index contributed by atoms with van der Waals surface area (Å²) in [5.41, 5.74) is 2.37. The molecule has 0 aliphatic carbocycles. The van der Waals surface area contributed by atoms with E-state index in [9.17, 15) is 14.4 Å². The van der Waals surface area contributed by atoms with Gasteiger partial charge in [-0.15, -0.1) is 0 Å². The highest BCUT2D eigenvalue weighted by atomic mass is 16.5. The fourth-order valence-corrected chi connectivity index (χ4v) is 2.38. The molecule has 0 saturated heterocycles. The van der Waals surface area contributed by atoms with Gasteiger partial charge in [-0.05, 0) is 63.6 Å². The first kappa shape index (κ1) is 21.2. The van der Waals surface area contributed by atoms with Gasteiger partial charge in [0.05, 0.1) is 6.61 Å². The van der Waals surface area contributed by atoms with Crippen molar-refractivity contribution in [3.8, 4) is 5.75 Å². The van der Waals surface area contributed by atoms with E-state index in [1.165, 1.54) is 13.8 Å². The van der Waals surface area contributed by atoms with Crippen LogP contribution < -0.4 is 10.1 Å². The molecular weight excluding hydrogens is 358 g/mol. The zero-order chi connectivity index (χ0) is 20.5. The number of amides is 1. The molecule has 0 bridgehead atoms.